The maximum absolute atomic E-state index is 13.0. The van der Waals surface area contributed by atoms with E-state index >= 15 is 0 Å². The fraction of sp³-hybridized carbons (Fsp3) is 0.250. The molecule has 0 atom stereocenters. The number of pyridine rings is 1. The summed E-state index contributed by atoms with van der Waals surface area (Å²) in [7, 11) is 0. The number of nitriles is 1. The zero-order chi connectivity index (χ0) is 12.5. The molecule has 2 nitrogen and oxygen atoms in total. The van der Waals surface area contributed by atoms with Crippen LogP contribution in [0.15, 0.2) is 6.07 Å². The van der Waals surface area contributed by atoms with Gasteiger partial charge in [0, 0.05) is 0 Å². The van der Waals surface area contributed by atoms with Gasteiger partial charge in [0.25, 0.3) is 6.43 Å². The lowest BCUT2D eigenvalue weighted by molar-refractivity contribution is -0.141. The molecule has 1 heterocycles. The molecule has 0 aliphatic rings. The summed E-state index contributed by atoms with van der Waals surface area (Å²) in [5.41, 5.74) is -4.51. The van der Waals surface area contributed by atoms with Crippen molar-refractivity contribution in [3.05, 3.63) is 28.8 Å². The molecule has 16 heavy (non-hydrogen) atoms. The molecular formula is C8H2F6N2. The molecule has 0 N–H and O–H groups in total. The highest BCUT2D eigenvalue weighted by atomic mass is 19.4. The van der Waals surface area contributed by atoms with Gasteiger partial charge in [-0.05, 0) is 6.07 Å². The van der Waals surface area contributed by atoms with Crippen LogP contribution in [-0.2, 0) is 6.18 Å². The van der Waals surface area contributed by atoms with Crippen LogP contribution in [0.1, 0.15) is 23.4 Å². The molecule has 86 valence electrons. The summed E-state index contributed by atoms with van der Waals surface area (Å²) in [5.74, 6) is -1.73. The maximum atomic E-state index is 13.0. The Morgan fingerprint density at radius 2 is 1.88 bits per heavy atom. The highest BCUT2D eigenvalue weighted by Gasteiger charge is 2.35. The highest BCUT2D eigenvalue weighted by Crippen LogP contribution is 2.31. The van der Waals surface area contributed by atoms with Gasteiger partial charge in [-0.25, -0.2) is 18.2 Å². The van der Waals surface area contributed by atoms with E-state index in [1.165, 1.54) is 0 Å². The fourth-order valence-corrected chi connectivity index (χ4v) is 0.920. The van der Waals surface area contributed by atoms with Crippen molar-refractivity contribution in [3.63, 3.8) is 0 Å². The van der Waals surface area contributed by atoms with Crippen molar-refractivity contribution < 1.29 is 26.3 Å². The first-order valence-electron chi connectivity index (χ1n) is 3.73. The summed E-state index contributed by atoms with van der Waals surface area (Å²) in [6, 6.07) is 1.14. The Kier molecular flexibility index (Phi) is 3.07. The second-order valence-corrected chi connectivity index (χ2v) is 2.66. The topological polar surface area (TPSA) is 36.7 Å². The second-order valence-electron chi connectivity index (χ2n) is 2.66. The summed E-state index contributed by atoms with van der Waals surface area (Å²) in [6.07, 6.45) is -8.53. The molecule has 0 saturated carbocycles. The lowest BCUT2D eigenvalue weighted by Crippen LogP contribution is -2.12. The Bertz CT molecular complexity index is 445. The van der Waals surface area contributed by atoms with E-state index in [-0.39, 0.29) is 6.07 Å². The van der Waals surface area contributed by atoms with E-state index in [1.807, 2.05) is 0 Å². The Labute approximate surface area is 85.1 Å². The van der Waals surface area contributed by atoms with E-state index in [2.05, 4.69) is 4.98 Å². The Balaban J connectivity index is 3.48. The van der Waals surface area contributed by atoms with E-state index in [0.717, 1.165) is 6.07 Å². The van der Waals surface area contributed by atoms with Gasteiger partial charge in [0.1, 0.15) is 17.5 Å². The van der Waals surface area contributed by atoms with Crippen LogP contribution < -0.4 is 0 Å². The average molecular weight is 240 g/mol. The smallest absolute Gasteiger partial charge is 0.239 e. The number of hydrogen-bond donors (Lipinski definition) is 0. The predicted molar refractivity (Wildman–Crippen MR) is 38.9 cm³/mol. The summed E-state index contributed by atoms with van der Waals surface area (Å²) in [4.78, 5) is 2.45. The second kappa shape index (κ2) is 4.00. The van der Waals surface area contributed by atoms with Gasteiger partial charge in [-0.2, -0.15) is 18.4 Å². The SMILES string of the molecule is N#Cc1cc(C(F)(F)F)nc(C(F)F)c1F. The molecule has 0 amide bonds. The molecule has 0 spiro atoms. The van der Waals surface area contributed by atoms with E-state index in [9.17, 15) is 26.3 Å². The molecule has 0 aliphatic carbocycles. The van der Waals surface area contributed by atoms with Crippen molar-refractivity contribution in [1.29, 1.82) is 5.26 Å². The molecule has 1 aromatic rings. The molecule has 0 bridgehead atoms. The van der Waals surface area contributed by atoms with Crippen molar-refractivity contribution in [1.82, 2.24) is 4.98 Å². The number of aromatic nitrogens is 1. The summed E-state index contributed by atoms with van der Waals surface area (Å²) in [6.45, 7) is 0. The molecule has 0 aliphatic heterocycles. The normalized spacial score (nSPS) is 11.6. The molecule has 1 rings (SSSR count). The largest absolute Gasteiger partial charge is 0.433 e. The first-order valence-corrected chi connectivity index (χ1v) is 3.73. The van der Waals surface area contributed by atoms with Crippen LogP contribution in [-0.4, -0.2) is 4.98 Å². The van der Waals surface area contributed by atoms with Crippen LogP contribution in [0.3, 0.4) is 0 Å². The first-order chi connectivity index (χ1) is 7.27. The van der Waals surface area contributed by atoms with Gasteiger partial charge in [0.2, 0.25) is 0 Å². The van der Waals surface area contributed by atoms with Gasteiger partial charge < -0.3 is 0 Å². The van der Waals surface area contributed by atoms with Crippen LogP contribution in [0.5, 0.6) is 0 Å². The van der Waals surface area contributed by atoms with Gasteiger partial charge in [0.15, 0.2) is 5.82 Å². The van der Waals surface area contributed by atoms with Crippen molar-refractivity contribution in [3.8, 4) is 6.07 Å². The monoisotopic (exact) mass is 240 g/mol. The molecule has 8 heteroatoms. The van der Waals surface area contributed by atoms with Crippen LogP contribution in [0.4, 0.5) is 26.3 Å². The van der Waals surface area contributed by atoms with Crippen LogP contribution in [0.2, 0.25) is 0 Å². The third-order valence-corrected chi connectivity index (χ3v) is 1.60. The zero-order valence-corrected chi connectivity index (χ0v) is 7.32. The summed E-state index contributed by atoms with van der Waals surface area (Å²) >= 11 is 0. The minimum Gasteiger partial charge on any atom is -0.239 e. The van der Waals surface area contributed by atoms with Crippen molar-refractivity contribution in [2.45, 2.75) is 12.6 Å². The van der Waals surface area contributed by atoms with Gasteiger partial charge in [-0.15, -0.1) is 0 Å². The summed E-state index contributed by atoms with van der Waals surface area (Å²) < 4.78 is 73.6. The van der Waals surface area contributed by atoms with Gasteiger partial charge >= 0.3 is 6.18 Å². The Morgan fingerprint density at radius 3 is 2.25 bits per heavy atom. The number of alkyl halides is 5. The first kappa shape index (κ1) is 12.3. The minimum absolute atomic E-state index is 0.0845. The van der Waals surface area contributed by atoms with Crippen LogP contribution in [0, 0.1) is 17.1 Å². The Morgan fingerprint density at radius 1 is 1.31 bits per heavy atom. The molecule has 0 radical (unpaired) electrons. The summed E-state index contributed by atoms with van der Waals surface area (Å²) in [5, 5.41) is 8.28. The number of halogens is 6. The van der Waals surface area contributed by atoms with E-state index < -0.39 is 35.4 Å². The lowest BCUT2D eigenvalue weighted by atomic mass is 10.2. The van der Waals surface area contributed by atoms with Crippen molar-refractivity contribution in [2.24, 2.45) is 0 Å². The van der Waals surface area contributed by atoms with Crippen LogP contribution >= 0.6 is 0 Å². The average Bonchev–Trinajstić information content (AvgIpc) is 2.15. The van der Waals surface area contributed by atoms with E-state index in [4.69, 9.17) is 5.26 Å². The number of rotatable bonds is 1. The molecule has 0 fully saturated rings. The predicted octanol–water partition coefficient (Wildman–Crippen LogP) is 3.05. The Hall–Kier alpha value is -1.78. The molecule has 0 saturated heterocycles. The number of nitrogens with zero attached hydrogens (tertiary/aromatic N) is 2. The van der Waals surface area contributed by atoms with Crippen LogP contribution in [0.25, 0.3) is 0 Å². The van der Waals surface area contributed by atoms with Gasteiger partial charge in [-0.3, -0.25) is 0 Å². The van der Waals surface area contributed by atoms with Gasteiger partial charge in [-0.1, -0.05) is 0 Å². The van der Waals surface area contributed by atoms with Crippen molar-refractivity contribution >= 4 is 0 Å². The minimum atomic E-state index is -5.01. The zero-order valence-electron chi connectivity index (χ0n) is 7.32. The molecule has 0 aromatic carbocycles. The maximum Gasteiger partial charge on any atom is 0.433 e. The molecular weight excluding hydrogens is 238 g/mol. The third-order valence-electron chi connectivity index (χ3n) is 1.60. The van der Waals surface area contributed by atoms with Gasteiger partial charge in [0.05, 0.1) is 5.56 Å². The number of hydrogen-bond acceptors (Lipinski definition) is 2. The molecule has 0 unspecified atom stereocenters. The fourth-order valence-electron chi connectivity index (χ4n) is 0.920. The molecule has 1 aromatic heterocycles. The van der Waals surface area contributed by atoms with E-state index in [1.54, 1.807) is 0 Å². The van der Waals surface area contributed by atoms with E-state index in [0.29, 0.717) is 0 Å². The third kappa shape index (κ3) is 2.24. The van der Waals surface area contributed by atoms with Crippen molar-refractivity contribution in [2.75, 3.05) is 0 Å². The quantitative estimate of drug-likeness (QED) is 0.707. The standard InChI is InChI=1S/C8H2F6N2/c9-5-3(2-15)1-4(8(12,13)14)16-6(5)7(10)11/h1,7H. The lowest BCUT2D eigenvalue weighted by Gasteiger charge is -2.09. The highest BCUT2D eigenvalue weighted by molar-refractivity contribution is 5.35.